The smallest absolute Gasteiger partial charge is 0.251 e. The van der Waals surface area contributed by atoms with Crippen LogP contribution in [0.25, 0.3) is 0 Å². The van der Waals surface area contributed by atoms with E-state index in [0.717, 1.165) is 12.2 Å². The maximum absolute atomic E-state index is 12.0. The Morgan fingerprint density at radius 3 is 2.45 bits per heavy atom. The van der Waals surface area contributed by atoms with Crippen LogP contribution >= 0.6 is 0 Å². The topological polar surface area (TPSA) is 61.6 Å². The van der Waals surface area contributed by atoms with Gasteiger partial charge >= 0.3 is 0 Å². The summed E-state index contributed by atoms with van der Waals surface area (Å²) in [5, 5.41) is 2.91. The van der Waals surface area contributed by atoms with Gasteiger partial charge in [-0.25, -0.2) is 0 Å². The second-order valence-corrected chi connectivity index (χ2v) is 5.50. The van der Waals surface area contributed by atoms with E-state index in [0.29, 0.717) is 23.8 Å². The Labute approximate surface area is 121 Å². The zero-order chi connectivity index (χ0) is 15.3. The van der Waals surface area contributed by atoms with E-state index in [1.807, 2.05) is 32.1 Å². The highest BCUT2D eigenvalue weighted by Crippen LogP contribution is 2.22. The van der Waals surface area contributed by atoms with Crippen molar-refractivity contribution in [3.63, 3.8) is 0 Å². The molecule has 0 aliphatic carbocycles. The molecule has 0 saturated carbocycles. The number of hydrogen-bond acceptors (Lipinski definition) is 4. The van der Waals surface area contributed by atoms with Gasteiger partial charge < -0.3 is 20.9 Å². The van der Waals surface area contributed by atoms with Crippen molar-refractivity contribution < 1.29 is 4.79 Å². The van der Waals surface area contributed by atoms with Crippen LogP contribution in [0.15, 0.2) is 18.2 Å². The lowest BCUT2D eigenvalue weighted by molar-refractivity contribution is 0.0948. The highest BCUT2D eigenvalue weighted by Gasteiger charge is 2.09. The number of carbonyl (C=O) groups is 1. The number of nitrogens with zero attached hydrogens (tertiary/aromatic N) is 2. The third-order valence-electron chi connectivity index (χ3n) is 3.40. The Hall–Kier alpha value is -1.75. The number of rotatable bonds is 6. The zero-order valence-corrected chi connectivity index (χ0v) is 13.1. The first kappa shape index (κ1) is 16.3. The summed E-state index contributed by atoms with van der Waals surface area (Å²) in [5.41, 5.74) is 8.07. The van der Waals surface area contributed by atoms with Gasteiger partial charge in [0, 0.05) is 38.8 Å². The molecule has 112 valence electrons. The number of nitrogens with one attached hydrogen (secondary N) is 1. The first-order chi connectivity index (χ1) is 9.32. The largest absolute Gasteiger partial charge is 0.397 e. The van der Waals surface area contributed by atoms with Crippen LogP contribution in [-0.4, -0.2) is 51.1 Å². The predicted octanol–water partition coefficient (Wildman–Crippen LogP) is 1.40. The van der Waals surface area contributed by atoms with Crippen LogP contribution in [0.5, 0.6) is 0 Å². The molecule has 0 spiro atoms. The van der Waals surface area contributed by atoms with E-state index in [1.54, 1.807) is 12.1 Å². The quantitative estimate of drug-likeness (QED) is 0.772. The molecule has 0 atom stereocenters. The molecule has 3 N–H and O–H groups in total. The van der Waals surface area contributed by atoms with Gasteiger partial charge in [-0.05, 0) is 39.1 Å². The van der Waals surface area contributed by atoms with Crippen LogP contribution in [0.1, 0.15) is 24.2 Å². The molecule has 20 heavy (non-hydrogen) atoms. The molecular weight excluding hydrogens is 252 g/mol. The summed E-state index contributed by atoms with van der Waals surface area (Å²) in [5.74, 6) is -0.0841. The van der Waals surface area contributed by atoms with Crippen LogP contribution < -0.4 is 16.0 Å². The average Bonchev–Trinajstić information content (AvgIpc) is 2.37. The zero-order valence-electron chi connectivity index (χ0n) is 13.1. The predicted molar refractivity (Wildman–Crippen MR) is 85.3 cm³/mol. The normalized spacial score (nSPS) is 10.9. The van der Waals surface area contributed by atoms with Gasteiger partial charge in [-0.3, -0.25) is 4.79 Å². The fourth-order valence-electron chi connectivity index (χ4n) is 1.81. The molecular formula is C15H26N4O. The molecule has 0 saturated heterocycles. The van der Waals surface area contributed by atoms with Crippen LogP contribution in [0.4, 0.5) is 11.4 Å². The van der Waals surface area contributed by atoms with Gasteiger partial charge in [0.05, 0.1) is 11.4 Å². The summed E-state index contributed by atoms with van der Waals surface area (Å²) in [4.78, 5) is 16.1. The summed E-state index contributed by atoms with van der Waals surface area (Å²) in [6.07, 6.45) is 0. The molecule has 5 nitrogen and oxygen atoms in total. The van der Waals surface area contributed by atoms with Crippen molar-refractivity contribution in [3.05, 3.63) is 23.8 Å². The van der Waals surface area contributed by atoms with E-state index >= 15 is 0 Å². The Kier molecular flexibility index (Phi) is 5.82. The average molecular weight is 278 g/mol. The van der Waals surface area contributed by atoms with Crippen molar-refractivity contribution in [2.75, 3.05) is 44.9 Å². The number of likely N-dealkylation sites (N-methyl/N-ethyl adjacent to an activating group) is 1. The van der Waals surface area contributed by atoms with Crippen molar-refractivity contribution in [3.8, 4) is 0 Å². The molecule has 5 heteroatoms. The SMILES string of the molecule is CC(C)N(C)CCNC(=O)c1ccc(N(C)C)c(N)c1. The molecule has 0 aromatic heterocycles. The Morgan fingerprint density at radius 1 is 1.30 bits per heavy atom. The third-order valence-corrected chi connectivity index (χ3v) is 3.40. The highest BCUT2D eigenvalue weighted by molar-refractivity contribution is 5.96. The van der Waals surface area contributed by atoms with Crippen molar-refractivity contribution in [2.24, 2.45) is 0 Å². The number of anilines is 2. The molecule has 0 aliphatic rings. The minimum Gasteiger partial charge on any atom is -0.397 e. The number of nitrogens with two attached hydrogens (primary N) is 1. The van der Waals surface area contributed by atoms with E-state index in [4.69, 9.17) is 5.73 Å². The molecule has 0 unspecified atom stereocenters. The monoisotopic (exact) mass is 278 g/mol. The molecule has 0 radical (unpaired) electrons. The van der Waals surface area contributed by atoms with Gasteiger partial charge in [-0.2, -0.15) is 0 Å². The minimum absolute atomic E-state index is 0.0841. The second kappa shape index (κ2) is 7.14. The van der Waals surface area contributed by atoms with Crippen molar-refractivity contribution in [1.29, 1.82) is 0 Å². The molecule has 0 fully saturated rings. The molecule has 1 aromatic rings. The van der Waals surface area contributed by atoms with Crippen LogP contribution in [-0.2, 0) is 0 Å². The molecule has 1 amide bonds. The van der Waals surface area contributed by atoms with E-state index < -0.39 is 0 Å². The minimum atomic E-state index is -0.0841. The molecule has 0 aliphatic heterocycles. The lowest BCUT2D eigenvalue weighted by atomic mass is 10.1. The lowest BCUT2D eigenvalue weighted by Crippen LogP contribution is -2.36. The van der Waals surface area contributed by atoms with Crippen molar-refractivity contribution in [2.45, 2.75) is 19.9 Å². The second-order valence-electron chi connectivity index (χ2n) is 5.50. The van der Waals surface area contributed by atoms with Gasteiger partial charge in [-0.1, -0.05) is 0 Å². The van der Waals surface area contributed by atoms with Crippen LogP contribution in [0, 0.1) is 0 Å². The van der Waals surface area contributed by atoms with Gasteiger partial charge in [0.25, 0.3) is 5.91 Å². The maximum Gasteiger partial charge on any atom is 0.251 e. The highest BCUT2D eigenvalue weighted by atomic mass is 16.1. The lowest BCUT2D eigenvalue weighted by Gasteiger charge is -2.21. The number of nitrogen functional groups attached to an aromatic ring is 1. The summed E-state index contributed by atoms with van der Waals surface area (Å²) >= 11 is 0. The third kappa shape index (κ3) is 4.42. The van der Waals surface area contributed by atoms with Crippen molar-refractivity contribution in [1.82, 2.24) is 10.2 Å². The summed E-state index contributed by atoms with van der Waals surface area (Å²) in [6.45, 7) is 5.71. The molecule has 1 aromatic carbocycles. The summed E-state index contributed by atoms with van der Waals surface area (Å²) in [7, 11) is 5.89. The fraction of sp³-hybridized carbons (Fsp3) is 0.533. The molecule has 1 rings (SSSR count). The van der Waals surface area contributed by atoms with Gasteiger partial charge in [-0.15, -0.1) is 0 Å². The van der Waals surface area contributed by atoms with E-state index in [2.05, 4.69) is 24.1 Å². The molecule has 0 heterocycles. The number of carbonyl (C=O) groups excluding carboxylic acids is 1. The Balaban J connectivity index is 2.58. The Bertz CT molecular complexity index is 457. The Morgan fingerprint density at radius 2 is 1.95 bits per heavy atom. The fourth-order valence-corrected chi connectivity index (χ4v) is 1.81. The van der Waals surface area contributed by atoms with E-state index in [-0.39, 0.29) is 5.91 Å². The van der Waals surface area contributed by atoms with Crippen molar-refractivity contribution >= 4 is 17.3 Å². The number of amides is 1. The first-order valence-corrected chi connectivity index (χ1v) is 6.88. The number of benzene rings is 1. The first-order valence-electron chi connectivity index (χ1n) is 6.88. The summed E-state index contributed by atoms with van der Waals surface area (Å²) < 4.78 is 0. The maximum atomic E-state index is 12.0. The summed E-state index contributed by atoms with van der Waals surface area (Å²) in [6, 6.07) is 5.86. The molecule has 0 bridgehead atoms. The van der Waals surface area contributed by atoms with Gasteiger partial charge in [0.2, 0.25) is 0 Å². The number of hydrogen-bond donors (Lipinski definition) is 2. The van der Waals surface area contributed by atoms with E-state index in [1.165, 1.54) is 0 Å². The van der Waals surface area contributed by atoms with Crippen LogP contribution in [0.3, 0.4) is 0 Å². The van der Waals surface area contributed by atoms with Gasteiger partial charge in [0.15, 0.2) is 0 Å². The van der Waals surface area contributed by atoms with E-state index in [9.17, 15) is 4.79 Å². The van der Waals surface area contributed by atoms with Crippen LogP contribution in [0.2, 0.25) is 0 Å². The van der Waals surface area contributed by atoms with Gasteiger partial charge in [0.1, 0.15) is 0 Å². The standard InChI is InChI=1S/C15H26N4O/c1-11(2)19(5)9-8-17-15(20)12-6-7-14(18(3)4)13(16)10-12/h6-7,10-11H,8-9,16H2,1-5H3,(H,17,20).